The van der Waals surface area contributed by atoms with Crippen LogP contribution in [0.2, 0.25) is 0 Å². The topological polar surface area (TPSA) is 20.3 Å². The first-order chi connectivity index (χ1) is 5.64. The Morgan fingerprint density at radius 1 is 1.23 bits per heavy atom. The van der Waals surface area contributed by atoms with Crippen molar-refractivity contribution in [3.63, 3.8) is 0 Å². The highest BCUT2D eigenvalue weighted by molar-refractivity contribution is 6.65. The summed E-state index contributed by atoms with van der Waals surface area (Å²) in [7, 11) is 0. The van der Waals surface area contributed by atoms with Crippen LogP contribution in [0.5, 0.6) is 0 Å². The molecule has 0 aromatic heterocycles. The quantitative estimate of drug-likeness (QED) is 0.661. The molecule has 0 saturated heterocycles. The van der Waals surface area contributed by atoms with Crippen molar-refractivity contribution in [2.75, 3.05) is 6.54 Å². The first kappa shape index (κ1) is 12.9. The van der Waals surface area contributed by atoms with E-state index >= 15 is 0 Å². The largest absolute Gasteiger partial charge is 0.286 e. The van der Waals surface area contributed by atoms with Gasteiger partial charge in [0.1, 0.15) is 0 Å². The van der Waals surface area contributed by atoms with E-state index in [1.165, 1.54) is 0 Å². The van der Waals surface area contributed by atoms with E-state index in [2.05, 4.69) is 25.7 Å². The van der Waals surface area contributed by atoms with E-state index in [9.17, 15) is 4.79 Å². The predicted molar refractivity (Wildman–Crippen MR) is 57.1 cm³/mol. The van der Waals surface area contributed by atoms with Gasteiger partial charge in [0.15, 0.2) is 0 Å². The number of hydrogen-bond acceptors (Lipinski definition) is 2. The molecule has 0 unspecified atom stereocenters. The minimum Gasteiger partial charge on any atom is -0.286 e. The summed E-state index contributed by atoms with van der Waals surface area (Å²) < 4.78 is 0. The van der Waals surface area contributed by atoms with Crippen LogP contribution in [0.3, 0.4) is 0 Å². The predicted octanol–water partition coefficient (Wildman–Crippen LogP) is 2.65. The Balaban J connectivity index is 4.88. The summed E-state index contributed by atoms with van der Waals surface area (Å²) >= 11 is 5.57. The molecule has 0 aromatic rings. The van der Waals surface area contributed by atoms with Gasteiger partial charge in [0.25, 0.3) is 0 Å². The Kier molecular flexibility index (Phi) is 3.95. The number of nitrogens with zero attached hydrogens (tertiary/aromatic N) is 1. The van der Waals surface area contributed by atoms with Crippen molar-refractivity contribution in [3.05, 3.63) is 0 Å². The van der Waals surface area contributed by atoms with E-state index < -0.39 is 5.54 Å². The fourth-order valence-electron chi connectivity index (χ4n) is 1.81. The molecule has 0 N–H and O–H groups in total. The molecule has 0 spiro atoms. The summed E-state index contributed by atoms with van der Waals surface area (Å²) in [6.07, 6.45) is 0. The summed E-state index contributed by atoms with van der Waals surface area (Å²) in [5.41, 5.74) is -0.628. The maximum absolute atomic E-state index is 11.2. The van der Waals surface area contributed by atoms with Gasteiger partial charge >= 0.3 is 0 Å². The van der Waals surface area contributed by atoms with Crippen LogP contribution >= 0.6 is 11.6 Å². The number of carbonyl (C=O) groups excluding carboxylic acids is 1. The van der Waals surface area contributed by atoms with E-state index in [0.29, 0.717) is 0 Å². The molecule has 0 atom stereocenters. The highest BCUT2D eigenvalue weighted by Gasteiger charge is 2.38. The summed E-state index contributed by atoms with van der Waals surface area (Å²) in [5.74, 6) is 0. The van der Waals surface area contributed by atoms with Crippen molar-refractivity contribution in [2.45, 2.75) is 52.6 Å². The number of carbonyl (C=O) groups is 1. The van der Waals surface area contributed by atoms with Gasteiger partial charge in [-0.15, -0.1) is 0 Å². The third-order valence-corrected chi connectivity index (χ3v) is 2.74. The van der Waals surface area contributed by atoms with Gasteiger partial charge in [-0.05, 0) is 52.8 Å². The van der Waals surface area contributed by atoms with Gasteiger partial charge in [0.05, 0.1) is 5.54 Å². The molecular weight excluding hydrogens is 186 g/mol. The number of halogens is 1. The molecule has 0 fully saturated rings. The lowest BCUT2D eigenvalue weighted by molar-refractivity contribution is -0.124. The van der Waals surface area contributed by atoms with Gasteiger partial charge in [0, 0.05) is 5.54 Å². The van der Waals surface area contributed by atoms with Crippen LogP contribution in [0.25, 0.3) is 0 Å². The molecule has 0 bridgehead atoms. The molecule has 0 amide bonds. The minimum absolute atomic E-state index is 0.0389. The van der Waals surface area contributed by atoms with Crippen LogP contribution in [0.1, 0.15) is 41.5 Å². The number of hydrogen-bond donors (Lipinski definition) is 0. The Hall–Kier alpha value is -0.0800. The van der Waals surface area contributed by atoms with Gasteiger partial charge in [0.2, 0.25) is 5.24 Å². The molecule has 0 rings (SSSR count). The van der Waals surface area contributed by atoms with Crippen LogP contribution in [0.15, 0.2) is 0 Å². The Morgan fingerprint density at radius 3 is 1.69 bits per heavy atom. The Labute approximate surface area is 86.2 Å². The molecule has 3 heteroatoms. The lowest BCUT2D eigenvalue weighted by Gasteiger charge is -2.44. The Bertz CT molecular complexity index is 194. The van der Waals surface area contributed by atoms with Gasteiger partial charge in [-0.1, -0.05) is 6.92 Å². The fourth-order valence-corrected chi connectivity index (χ4v) is 1.92. The zero-order valence-corrected chi connectivity index (χ0v) is 10.2. The molecule has 0 aliphatic heterocycles. The third-order valence-electron chi connectivity index (χ3n) is 2.28. The first-order valence-corrected chi connectivity index (χ1v) is 4.99. The molecule has 0 aliphatic rings. The second kappa shape index (κ2) is 3.97. The van der Waals surface area contributed by atoms with Crippen LogP contribution in [0.4, 0.5) is 0 Å². The van der Waals surface area contributed by atoms with Crippen molar-refractivity contribution < 1.29 is 4.79 Å². The lowest BCUT2D eigenvalue weighted by atomic mass is 9.95. The second-order valence-electron chi connectivity index (χ2n) is 4.75. The van der Waals surface area contributed by atoms with Crippen LogP contribution in [-0.4, -0.2) is 27.8 Å². The van der Waals surface area contributed by atoms with E-state index in [-0.39, 0.29) is 10.8 Å². The van der Waals surface area contributed by atoms with Gasteiger partial charge in [-0.3, -0.25) is 9.69 Å². The average molecular weight is 206 g/mol. The first-order valence-electron chi connectivity index (χ1n) is 4.61. The maximum Gasteiger partial charge on any atom is 0.241 e. The zero-order chi connectivity index (χ0) is 10.9. The molecule has 2 nitrogen and oxygen atoms in total. The van der Waals surface area contributed by atoms with E-state index in [1.807, 2.05) is 20.8 Å². The fraction of sp³-hybridized carbons (Fsp3) is 0.900. The van der Waals surface area contributed by atoms with Crippen molar-refractivity contribution in [1.29, 1.82) is 0 Å². The lowest BCUT2D eigenvalue weighted by Crippen LogP contribution is -2.56. The van der Waals surface area contributed by atoms with Crippen molar-refractivity contribution in [3.8, 4) is 0 Å². The van der Waals surface area contributed by atoms with Crippen LogP contribution < -0.4 is 0 Å². The monoisotopic (exact) mass is 205 g/mol. The smallest absolute Gasteiger partial charge is 0.241 e. The van der Waals surface area contributed by atoms with Crippen molar-refractivity contribution in [2.24, 2.45) is 0 Å². The maximum atomic E-state index is 11.2. The molecule has 0 saturated carbocycles. The molecule has 0 aliphatic carbocycles. The highest BCUT2D eigenvalue weighted by Crippen LogP contribution is 2.26. The SMILES string of the molecule is CCN(C(C)(C)C)C(C)(C)C(=O)Cl. The summed E-state index contributed by atoms with van der Waals surface area (Å²) in [6.45, 7) is 12.8. The van der Waals surface area contributed by atoms with Crippen LogP contribution in [-0.2, 0) is 4.79 Å². The standard InChI is InChI=1S/C10H20ClNO/c1-7-12(9(2,3)4)10(5,6)8(11)13/h7H2,1-6H3. The van der Waals surface area contributed by atoms with Gasteiger partial charge < -0.3 is 0 Å². The number of rotatable bonds is 3. The second-order valence-corrected chi connectivity index (χ2v) is 5.09. The molecule has 78 valence electrons. The highest BCUT2D eigenvalue weighted by atomic mass is 35.5. The summed E-state index contributed by atoms with van der Waals surface area (Å²) in [4.78, 5) is 13.3. The van der Waals surface area contributed by atoms with E-state index in [1.54, 1.807) is 0 Å². The molecule has 13 heavy (non-hydrogen) atoms. The minimum atomic E-state index is -0.589. The van der Waals surface area contributed by atoms with E-state index in [0.717, 1.165) is 6.54 Å². The third kappa shape index (κ3) is 2.96. The molecule has 0 radical (unpaired) electrons. The van der Waals surface area contributed by atoms with E-state index in [4.69, 9.17) is 11.6 Å². The summed E-state index contributed by atoms with van der Waals surface area (Å²) in [6, 6.07) is 0. The van der Waals surface area contributed by atoms with Gasteiger partial charge in [-0.2, -0.15) is 0 Å². The number of likely N-dealkylation sites (N-methyl/N-ethyl adjacent to an activating group) is 1. The normalized spacial score (nSPS) is 13.5. The van der Waals surface area contributed by atoms with Crippen molar-refractivity contribution >= 4 is 16.8 Å². The molecule has 0 heterocycles. The van der Waals surface area contributed by atoms with Crippen molar-refractivity contribution in [1.82, 2.24) is 4.90 Å². The Morgan fingerprint density at radius 2 is 1.62 bits per heavy atom. The zero-order valence-electron chi connectivity index (χ0n) is 9.44. The molecular formula is C10H20ClNO. The summed E-state index contributed by atoms with van der Waals surface area (Å²) in [5, 5.41) is -0.302. The average Bonchev–Trinajstić information content (AvgIpc) is 1.83. The van der Waals surface area contributed by atoms with Crippen LogP contribution in [0, 0.1) is 0 Å². The molecule has 0 aromatic carbocycles. The van der Waals surface area contributed by atoms with Gasteiger partial charge in [-0.25, -0.2) is 0 Å².